The van der Waals surface area contributed by atoms with Crippen LogP contribution in [0.15, 0.2) is 48.5 Å². The van der Waals surface area contributed by atoms with Crippen molar-refractivity contribution < 1.29 is 14.3 Å². The van der Waals surface area contributed by atoms with Gasteiger partial charge in [-0.3, -0.25) is 9.59 Å². The van der Waals surface area contributed by atoms with Crippen molar-refractivity contribution in [3.63, 3.8) is 0 Å². The predicted molar refractivity (Wildman–Crippen MR) is 111 cm³/mol. The summed E-state index contributed by atoms with van der Waals surface area (Å²) in [7, 11) is 0. The minimum Gasteiger partial charge on any atom is -0.365 e. The molecule has 5 nitrogen and oxygen atoms in total. The summed E-state index contributed by atoms with van der Waals surface area (Å²) in [6.07, 6.45) is -0.239. The van der Waals surface area contributed by atoms with Gasteiger partial charge in [-0.15, -0.1) is 0 Å². The van der Waals surface area contributed by atoms with E-state index in [9.17, 15) is 9.59 Å². The number of aryl methyl sites for hydroxylation is 1. The molecule has 1 fully saturated rings. The van der Waals surface area contributed by atoms with E-state index in [1.807, 2.05) is 55.5 Å². The van der Waals surface area contributed by atoms with Crippen LogP contribution in [0.5, 0.6) is 0 Å². The summed E-state index contributed by atoms with van der Waals surface area (Å²) in [6, 6.07) is 15.5. The van der Waals surface area contributed by atoms with E-state index in [2.05, 4.69) is 26.1 Å². The molecular weight excluding hydrogens is 352 g/mol. The van der Waals surface area contributed by atoms with E-state index in [4.69, 9.17) is 4.74 Å². The third-order valence-corrected chi connectivity index (χ3v) is 4.98. The van der Waals surface area contributed by atoms with Crippen molar-refractivity contribution in [1.82, 2.24) is 5.32 Å². The van der Waals surface area contributed by atoms with Crippen LogP contribution < -0.4 is 10.2 Å². The Labute approximate surface area is 166 Å². The Morgan fingerprint density at radius 1 is 1.11 bits per heavy atom. The Morgan fingerprint density at radius 2 is 1.75 bits per heavy atom. The molecule has 1 N–H and O–H groups in total. The molecule has 1 saturated heterocycles. The zero-order chi connectivity index (χ0) is 20.3. The van der Waals surface area contributed by atoms with Gasteiger partial charge in [-0.2, -0.15) is 0 Å². The lowest BCUT2D eigenvalue weighted by molar-refractivity contribution is -0.129. The highest BCUT2D eigenvalue weighted by molar-refractivity contribution is 5.95. The van der Waals surface area contributed by atoms with Gasteiger partial charge in [-0.25, -0.2) is 0 Å². The maximum Gasteiger partial charge on any atom is 0.253 e. The van der Waals surface area contributed by atoms with E-state index >= 15 is 0 Å². The van der Waals surface area contributed by atoms with Gasteiger partial charge in [0.05, 0.1) is 12.6 Å². The van der Waals surface area contributed by atoms with Crippen LogP contribution >= 0.6 is 0 Å². The minimum atomic E-state index is -0.239. The van der Waals surface area contributed by atoms with Gasteiger partial charge in [-0.1, -0.05) is 50.6 Å². The second kappa shape index (κ2) is 8.15. The van der Waals surface area contributed by atoms with Gasteiger partial charge < -0.3 is 15.0 Å². The fraction of sp³-hybridized carbons (Fsp3) is 0.391. The highest BCUT2D eigenvalue weighted by atomic mass is 16.5. The number of ether oxygens (including phenoxy) is 1. The SMILES string of the molecule is Cc1ccc(N2CC(CNC(=O)c3ccc(C(C)(C)C)cc3)OCC2=O)cc1. The zero-order valence-electron chi connectivity index (χ0n) is 17.0. The molecule has 0 aliphatic carbocycles. The first kappa shape index (κ1) is 20.1. The van der Waals surface area contributed by atoms with E-state index < -0.39 is 0 Å². The molecule has 1 heterocycles. The second-order valence-corrected chi connectivity index (χ2v) is 8.31. The number of nitrogens with zero attached hydrogens (tertiary/aromatic N) is 1. The van der Waals surface area contributed by atoms with E-state index in [1.165, 1.54) is 5.56 Å². The molecule has 0 saturated carbocycles. The van der Waals surface area contributed by atoms with Gasteiger partial charge in [0.1, 0.15) is 6.61 Å². The summed E-state index contributed by atoms with van der Waals surface area (Å²) in [5.74, 6) is -0.202. The van der Waals surface area contributed by atoms with E-state index in [1.54, 1.807) is 4.90 Å². The quantitative estimate of drug-likeness (QED) is 0.884. The maximum atomic E-state index is 12.5. The van der Waals surface area contributed by atoms with Crippen molar-refractivity contribution in [2.45, 2.75) is 39.2 Å². The largest absolute Gasteiger partial charge is 0.365 e. The molecule has 3 rings (SSSR count). The van der Waals surface area contributed by atoms with Crippen LogP contribution in [0.25, 0.3) is 0 Å². The van der Waals surface area contributed by atoms with Gasteiger partial charge in [0, 0.05) is 17.8 Å². The Hall–Kier alpha value is -2.66. The summed E-state index contributed by atoms with van der Waals surface area (Å²) in [5.41, 5.74) is 3.86. The number of benzene rings is 2. The molecule has 1 aliphatic rings. The van der Waals surface area contributed by atoms with Gasteiger partial charge in [0.25, 0.3) is 11.8 Å². The van der Waals surface area contributed by atoms with Crippen molar-refractivity contribution in [3.05, 3.63) is 65.2 Å². The number of anilines is 1. The van der Waals surface area contributed by atoms with Crippen molar-refractivity contribution in [1.29, 1.82) is 0 Å². The molecule has 0 bridgehead atoms. The van der Waals surface area contributed by atoms with Gasteiger partial charge >= 0.3 is 0 Å². The first-order valence-electron chi connectivity index (χ1n) is 9.61. The molecule has 0 spiro atoms. The smallest absolute Gasteiger partial charge is 0.253 e. The van der Waals surface area contributed by atoms with Crippen LogP contribution in [0.1, 0.15) is 42.3 Å². The number of hydrogen-bond donors (Lipinski definition) is 1. The van der Waals surface area contributed by atoms with E-state index in [-0.39, 0.29) is 29.9 Å². The maximum absolute atomic E-state index is 12.5. The van der Waals surface area contributed by atoms with Crippen LogP contribution in [0, 0.1) is 6.92 Å². The van der Waals surface area contributed by atoms with Crippen molar-refractivity contribution >= 4 is 17.5 Å². The molecule has 2 aromatic rings. The molecule has 1 unspecified atom stereocenters. The number of amides is 2. The van der Waals surface area contributed by atoms with Crippen molar-refractivity contribution in [2.75, 3.05) is 24.6 Å². The topological polar surface area (TPSA) is 58.6 Å². The third-order valence-electron chi connectivity index (χ3n) is 4.98. The number of rotatable bonds is 4. The summed E-state index contributed by atoms with van der Waals surface area (Å²) >= 11 is 0. The van der Waals surface area contributed by atoms with Crippen molar-refractivity contribution in [2.24, 2.45) is 0 Å². The first-order chi connectivity index (χ1) is 13.2. The number of carbonyl (C=O) groups is 2. The molecule has 0 radical (unpaired) electrons. The minimum absolute atomic E-state index is 0.0225. The molecular formula is C23H28N2O3. The van der Waals surface area contributed by atoms with Crippen LogP contribution in [0.4, 0.5) is 5.69 Å². The molecule has 28 heavy (non-hydrogen) atoms. The summed E-state index contributed by atoms with van der Waals surface area (Å²) in [5, 5.41) is 2.92. The monoisotopic (exact) mass is 380 g/mol. The average Bonchev–Trinajstić information content (AvgIpc) is 2.67. The number of morpholine rings is 1. The normalized spacial score (nSPS) is 17.5. The molecule has 1 atom stereocenters. The van der Waals surface area contributed by atoms with Gasteiger partial charge in [-0.05, 0) is 42.2 Å². The van der Waals surface area contributed by atoms with Crippen molar-refractivity contribution in [3.8, 4) is 0 Å². The van der Waals surface area contributed by atoms with E-state index in [0.29, 0.717) is 18.7 Å². The molecule has 2 aromatic carbocycles. The lowest BCUT2D eigenvalue weighted by Crippen LogP contribution is -2.50. The highest BCUT2D eigenvalue weighted by Crippen LogP contribution is 2.22. The fourth-order valence-corrected chi connectivity index (χ4v) is 3.15. The molecule has 2 amide bonds. The Morgan fingerprint density at radius 3 is 2.36 bits per heavy atom. The second-order valence-electron chi connectivity index (χ2n) is 8.31. The Kier molecular flexibility index (Phi) is 5.84. The number of nitrogens with one attached hydrogen (secondary N) is 1. The molecule has 0 aromatic heterocycles. The van der Waals surface area contributed by atoms with Crippen LogP contribution in [-0.2, 0) is 14.9 Å². The van der Waals surface area contributed by atoms with E-state index in [0.717, 1.165) is 11.3 Å². The lowest BCUT2D eigenvalue weighted by Gasteiger charge is -2.33. The standard InChI is InChI=1S/C23H28N2O3/c1-16-5-11-19(12-6-16)25-14-20(28-15-21(25)26)13-24-22(27)17-7-9-18(10-8-17)23(2,3)4/h5-12,20H,13-15H2,1-4H3,(H,24,27). The first-order valence-corrected chi connectivity index (χ1v) is 9.61. The summed E-state index contributed by atoms with van der Waals surface area (Å²) < 4.78 is 5.61. The van der Waals surface area contributed by atoms with Gasteiger partial charge in [0.2, 0.25) is 0 Å². The van der Waals surface area contributed by atoms with Crippen LogP contribution in [-0.4, -0.2) is 37.6 Å². The number of carbonyl (C=O) groups excluding carboxylic acids is 2. The Balaban J connectivity index is 1.58. The Bertz CT molecular complexity index is 836. The molecule has 148 valence electrons. The highest BCUT2D eigenvalue weighted by Gasteiger charge is 2.27. The summed E-state index contributed by atoms with van der Waals surface area (Å²) in [6.45, 7) is 9.24. The fourth-order valence-electron chi connectivity index (χ4n) is 3.15. The van der Waals surface area contributed by atoms with Crippen LogP contribution in [0.3, 0.4) is 0 Å². The lowest BCUT2D eigenvalue weighted by atomic mass is 9.87. The zero-order valence-corrected chi connectivity index (χ0v) is 17.0. The third kappa shape index (κ3) is 4.78. The van der Waals surface area contributed by atoms with Gasteiger partial charge in [0.15, 0.2) is 0 Å². The predicted octanol–water partition coefficient (Wildman–Crippen LogP) is 3.45. The number of hydrogen-bond acceptors (Lipinski definition) is 3. The van der Waals surface area contributed by atoms with Crippen LogP contribution in [0.2, 0.25) is 0 Å². The summed E-state index contributed by atoms with van der Waals surface area (Å²) in [4.78, 5) is 26.4. The molecule has 1 aliphatic heterocycles. The molecule has 5 heteroatoms. The average molecular weight is 380 g/mol.